The minimum Gasteiger partial charge on any atom is -0.497 e. The average molecular weight is 567 g/mol. The lowest BCUT2D eigenvalue weighted by Gasteiger charge is -2.11. The molecule has 0 fully saturated rings. The maximum Gasteiger partial charge on any atom is 0.220 e. The molecule has 0 atom stereocenters. The average Bonchev–Trinajstić information content (AvgIpc) is 3.34. The van der Waals surface area contributed by atoms with Crippen LogP contribution in [-0.4, -0.2) is 27.8 Å². The van der Waals surface area contributed by atoms with Crippen molar-refractivity contribution in [2.45, 2.75) is 56.1 Å². The summed E-state index contributed by atoms with van der Waals surface area (Å²) in [6, 6.07) is 22.4. The van der Waals surface area contributed by atoms with Gasteiger partial charge in [0.25, 0.3) is 0 Å². The number of methoxy groups -OCH3 is 1. The second-order valence-corrected chi connectivity index (χ2v) is 10.5. The molecule has 1 aromatic heterocycles. The summed E-state index contributed by atoms with van der Waals surface area (Å²) in [5.41, 5.74) is 3.12. The molecule has 4 rings (SSSR count). The van der Waals surface area contributed by atoms with Crippen LogP contribution in [0.3, 0.4) is 0 Å². The second kappa shape index (κ2) is 14.7. The van der Waals surface area contributed by atoms with Crippen molar-refractivity contribution in [3.63, 3.8) is 0 Å². The van der Waals surface area contributed by atoms with Crippen LogP contribution in [0, 0.1) is 5.82 Å². The summed E-state index contributed by atoms with van der Waals surface area (Å²) in [5.74, 6) is 1.94. The SMILES string of the molecule is COc1ccc(CNC(=O)CCCCc2nnc(SCc3ccc(F)cc3Cl)n2CCc2ccccc2)cc1. The highest BCUT2D eigenvalue weighted by molar-refractivity contribution is 7.98. The van der Waals surface area contributed by atoms with E-state index in [2.05, 4.69) is 32.2 Å². The Balaban J connectivity index is 1.31. The van der Waals surface area contributed by atoms with Crippen molar-refractivity contribution in [1.29, 1.82) is 0 Å². The molecule has 9 heteroatoms. The number of unbranched alkanes of at least 4 members (excludes halogenated alkanes) is 1. The molecule has 0 saturated heterocycles. The molecular weight excluding hydrogens is 535 g/mol. The number of ether oxygens (including phenoxy) is 1. The molecule has 39 heavy (non-hydrogen) atoms. The number of halogens is 2. The summed E-state index contributed by atoms with van der Waals surface area (Å²) in [6.45, 7) is 1.24. The third-order valence-electron chi connectivity index (χ3n) is 6.34. The molecule has 0 aliphatic carbocycles. The third-order valence-corrected chi connectivity index (χ3v) is 7.70. The van der Waals surface area contributed by atoms with Crippen molar-refractivity contribution in [3.8, 4) is 5.75 Å². The Bertz CT molecular complexity index is 1350. The first-order valence-electron chi connectivity index (χ1n) is 12.9. The number of hydrogen-bond acceptors (Lipinski definition) is 5. The van der Waals surface area contributed by atoms with E-state index in [1.165, 1.54) is 29.5 Å². The number of aromatic nitrogens is 3. The predicted octanol–water partition coefficient (Wildman–Crippen LogP) is 6.64. The molecule has 204 valence electrons. The molecule has 0 unspecified atom stereocenters. The topological polar surface area (TPSA) is 69.0 Å². The molecular formula is C30H32ClFN4O2S. The normalized spacial score (nSPS) is 10.9. The fourth-order valence-electron chi connectivity index (χ4n) is 4.10. The summed E-state index contributed by atoms with van der Waals surface area (Å²) >= 11 is 7.77. The molecule has 3 aromatic carbocycles. The van der Waals surface area contributed by atoms with E-state index in [0.29, 0.717) is 23.7 Å². The molecule has 0 bridgehead atoms. The Morgan fingerprint density at radius 1 is 1.00 bits per heavy atom. The van der Waals surface area contributed by atoms with E-state index >= 15 is 0 Å². The van der Waals surface area contributed by atoms with Gasteiger partial charge in [-0.05, 0) is 60.2 Å². The zero-order valence-corrected chi connectivity index (χ0v) is 23.5. The lowest BCUT2D eigenvalue weighted by atomic mass is 10.1. The first-order chi connectivity index (χ1) is 19.0. The van der Waals surface area contributed by atoms with E-state index in [9.17, 15) is 9.18 Å². The number of rotatable bonds is 14. The van der Waals surface area contributed by atoms with Gasteiger partial charge < -0.3 is 14.6 Å². The highest BCUT2D eigenvalue weighted by Gasteiger charge is 2.14. The van der Waals surface area contributed by atoms with Crippen molar-refractivity contribution in [1.82, 2.24) is 20.1 Å². The molecule has 1 heterocycles. The van der Waals surface area contributed by atoms with E-state index in [1.807, 2.05) is 42.5 Å². The summed E-state index contributed by atoms with van der Waals surface area (Å²) in [6.07, 6.45) is 3.62. The largest absolute Gasteiger partial charge is 0.497 e. The number of carbonyl (C=O) groups excluding carboxylic acids is 1. The summed E-state index contributed by atoms with van der Waals surface area (Å²) in [4.78, 5) is 12.3. The van der Waals surface area contributed by atoms with Crippen molar-refractivity contribution in [2.24, 2.45) is 0 Å². The van der Waals surface area contributed by atoms with Crippen LogP contribution < -0.4 is 10.1 Å². The smallest absolute Gasteiger partial charge is 0.220 e. The van der Waals surface area contributed by atoms with Gasteiger partial charge in [0.05, 0.1) is 7.11 Å². The zero-order valence-electron chi connectivity index (χ0n) is 21.9. The van der Waals surface area contributed by atoms with Crippen molar-refractivity contribution < 1.29 is 13.9 Å². The van der Waals surface area contributed by atoms with Crippen LogP contribution in [0.4, 0.5) is 4.39 Å². The van der Waals surface area contributed by atoms with Crippen molar-refractivity contribution >= 4 is 29.3 Å². The van der Waals surface area contributed by atoms with Crippen LogP contribution in [0.2, 0.25) is 5.02 Å². The van der Waals surface area contributed by atoms with Crippen molar-refractivity contribution in [2.75, 3.05) is 7.11 Å². The minimum absolute atomic E-state index is 0.0313. The van der Waals surface area contributed by atoms with Crippen LogP contribution in [0.15, 0.2) is 78.0 Å². The number of amides is 1. The van der Waals surface area contributed by atoms with Gasteiger partial charge in [0.2, 0.25) is 5.91 Å². The third kappa shape index (κ3) is 8.83. The first kappa shape index (κ1) is 28.6. The Morgan fingerprint density at radius 2 is 1.79 bits per heavy atom. The molecule has 0 saturated carbocycles. The summed E-state index contributed by atoms with van der Waals surface area (Å²) in [7, 11) is 1.63. The van der Waals surface area contributed by atoms with Crippen LogP contribution in [0.5, 0.6) is 5.75 Å². The standard InChI is InChI=1S/C30H32ClFN4O2S/c1-38-26-15-11-23(12-16-26)20-33-29(37)10-6-5-9-28-34-35-30(36(28)18-17-22-7-3-2-4-8-22)39-21-24-13-14-25(32)19-27(24)31/h2-4,7-8,11-16,19H,5-6,9-10,17-18,20-21H2,1H3,(H,33,37). The lowest BCUT2D eigenvalue weighted by Crippen LogP contribution is -2.22. The highest BCUT2D eigenvalue weighted by atomic mass is 35.5. The van der Waals surface area contributed by atoms with E-state index in [1.54, 1.807) is 13.2 Å². The summed E-state index contributed by atoms with van der Waals surface area (Å²) in [5, 5.41) is 13.1. The van der Waals surface area contributed by atoms with E-state index < -0.39 is 0 Å². The zero-order chi connectivity index (χ0) is 27.5. The van der Waals surface area contributed by atoms with Crippen LogP contribution in [0.25, 0.3) is 0 Å². The van der Waals surface area contributed by atoms with Gasteiger partial charge in [-0.1, -0.05) is 71.9 Å². The van der Waals surface area contributed by atoms with Gasteiger partial charge in [0, 0.05) is 36.7 Å². The molecule has 0 spiro atoms. The molecule has 0 aliphatic heterocycles. The van der Waals surface area contributed by atoms with Gasteiger partial charge in [0.15, 0.2) is 5.16 Å². The Kier molecular flexibility index (Phi) is 10.8. The van der Waals surface area contributed by atoms with Crippen molar-refractivity contribution in [3.05, 3.63) is 106 Å². The van der Waals surface area contributed by atoms with Crippen LogP contribution >= 0.6 is 23.4 Å². The van der Waals surface area contributed by atoms with Gasteiger partial charge in [-0.2, -0.15) is 0 Å². The number of thioether (sulfide) groups is 1. The van der Waals surface area contributed by atoms with E-state index in [4.69, 9.17) is 16.3 Å². The van der Waals surface area contributed by atoms with Crippen LogP contribution in [-0.2, 0) is 36.5 Å². The molecule has 4 aromatic rings. The number of hydrogen-bond donors (Lipinski definition) is 1. The number of carbonyl (C=O) groups is 1. The first-order valence-corrected chi connectivity index (χ1v) is 14.3. The molecule has 1 N–H and O–H groups in total. The molecule has 0 aliphatic rings. The minimum atomic E-state index is -0.350. The van der Waals surface area contributed by atoms with Gasteiger partial charge in [-0.15, -0.1) is 10.2 Å². The molecule has 6 nitrogen and oxygen atoms in total. The van der Waals surface area contributed by atoms with E-state index in [0.717, 1.165) is 60.1 Å². The maximum atomic E-state index is 13.4. The molecule has 1 amide bonds. The Hall–Kier alpha value is -3.36. The van der Waals surface area contributed by atoms with Gasteiger partial charge in [0.1, 0.15) is 17.4 Å². The van der Waals surface area contributed by atoms with Gasteiger partial charge in [-0.3, -0.25) is 4.79 Å². The Labute approximate surface area is 237 Å². The van der Waals surface area contributed by atoms with E-state index in [-0.39, 0.29) is 11.7 Å². The quantitative estimate of drug-likeness (QED) is 0.137. The summed E-state index contributed by atoms with van der Waals surface area (Å²) < 4.78 is 20.8. The molecule has 0 radical (unpaired) electrons. The number of benzene rings is 3. The highest BCUT2D eigenvalue weighted by Crippen LogP contribution is 2.27. The van der Waals surface area contributed by atoms with Gasteiger partial charge in [-0.25, -0.2) is 4.39 Å². The monoisotopic (exact) mass is 566 g/mol. The van der Waals surface area contributed by atoms with Crippen LogP contribution in [0.1, 0.15) is 41.8 Å². The number of aryl methyl sites for hydroxylation is 2. The fraction of sp³-hybridized carbons (Fsp3) is 0.300. The number of nitrogens with one attached hydrogen (secondary N) is 1. The Morgan fingerprint density at radius 3 is 2.54 bits per heavy atom. The predicted molar refractivity (Wildman–Crippen MR) is 154 cm³/mol. The number of nitrogens with zero attached hydrogens (tertiary/aromatic N) is 3. The lowest BCUT2D eigenvalue weighted by molar-refractivity contribution is -0.121. The maximum absolute atomic E-state index is 13.4. The fourth-order valence-corrected chi connectivity index (χ4v) is 5.40. The second-order valence-electron chi connectivity index (χ2n) is 9.14. The van der Waals surface area contributed by atoms with Gasteiger partial charge >= 0.3 is 0 Å².